The average Bonchev–Trinajstić information content (AvgIpc) is 3.05. The van der Waals surface area contributed by atoms with Gasteiger partial charge < -0.3 is 5.11 Å². The number of carbonyl (C=O) groups excluding carboxylic acids is 1. The largest absolute Gasteiger partial charge is 0.385 e. The van der Waals surface area contributed by atoms with E-state index in [-0.39, 0.29) is 22.0 Å². The summed E-state index contributed by atoms with van der Waals surface area (Å²) in [4.78, 5) is 13.1. The lowest BCUT2D eigenvalue weighted by molar-refractivity contribution is -0.241. The zero-order chi connectivity index (χ0) is 23.5. The molecule has 5 aliphatic carbocycles. The Labute approximate surface area is 197 Å². The molecular formula is C30H48O2. The molecule has 180 valence electrons. The summed E-state index contributed by atoms with van der Waals surface area (Å²) in [5.41, 5.74) is 2.24. The predicted molar refractivity (Wildman–Crippen MR) is 131 cm³/mol. The number of rotatable bonds is 1. The maximum absolute atomic E-state index is 13.1. The summed E-state index contributed by atoms with van der Waals surface area (Å²) in [6.45, 7) is 21.4. The second-order valence-corrected chi connectivity index (χ2v) is 14.7. The highest BCUT2D eigenvalue weighted by Crippen LogP contribution is 2.77. The molecule has 0 saturated heterocycles. The molecule has 0 heterocycles. The van der Waals surface area contributed by atoms with Crippen LogP contribution in [0, 0.1) is 56.7 Å². The summed E-state index contributed by atoms with van der Waals surface area (Å²) in [6.07, 6.45) is 10.2. The average molecular weight is 441 g/mol. The number of fused-ring (bicyclic) bond motifs is 7. The Balaban J connectivity index is 1.56. The monoisotopic (exact) mass is 440 g/mol. The Morgan fingerprint density at radius 2 is 1.56 bits per heavy atom. The summed E-state index contributed by atoms with van der Waals surface area (Å²) < 4.78 is 0. The van der Waals surface area contributed by atoms with Crippen LogP contribution in [-0.2, 0) is 4.79 Å². The molecular weight excluding hydrogens is 392 g/mol. The van der Waals surface area contributed by atoms with Crippen LogP contribution in [0.15, 0.2) is 12.2 Å². The highest BCUT2D eigenvalue weighted by atomic mass is 16.3. The lowest BCUT2D eigenvalue weighted by Crippen LogP contribution is -2.67. The number of hydrogen-bond acceptors (Lipinski definition) is 2. The molecule has 0 radical (unpaired) electrons. The van der Waals surface area contributed by atoms with Gasteiger partial charge in [-0.3, -0.25) is 4.79 Å². The van der Waals surface area contributed by atoms with Gasteiger partial charge in [-0.15, -0.1) is 0 Å². The molecule has 2 heteroatoms. The molecule has 0 amide bonds. The van der Waals surface area contributed by atoms with Crippen LogP contribution in [0.1, 0.15) is 106 Å². The Hall–Kier alpha value is -0.630. The lowest BCUT2D eigenvalue weighted by atomic mass is 9.32. The van der Waals surface area contributed by atoms with E-state index >= 15 is 0 Å². The summed E-state index contributed by atoms with van der Waals surface area (Å²) in [7, 11) is 0. The standard InChI is InChI=1S/C30H48O2/c1-18(2)19-11-13-27(5)15-16-29(7)20(24(19)27)9-10-23-28(6)17-21(31)25(32)26(3,4)22(28)12-14-30(23,29)8/h19-20,22-25,32H,1,9-17H2,2-8H3/t19-,20+,22-,23+,24+,25+,27+,28-,29+,30+/m0/s1. The van der Waals surface area contributed by atoms with Gasteiger partial charge in [0.05, 0.1) is 0 Å². The number of Topliss-reactive ketones (excluding diaryl/α,β-unsaturated/α-hetero) is 1. The first kappa shape index (κ1) is 23.1. The summed E-state index contributed by atoms with van der Waals surface area (Å²) in [5, 5.41) is 10.8. The van der Waals surface area contributed by atoms with Crippen molar-refractivity contribution < 1.29 is 9.90 Å². The summed E-state index contributed by atoms with van der Waals surface area (Å²) in [6, 6.07) is 0. The van der Waals surface area contributed by atoms with E-state index in [0.29, 0.717) is 35.0 Å². The Kier molecular flexibility index (Phi) is 4.87. The van der Waals surface area contributed by atoms with Gasteiger partial charge in [-0.05, 0) is 110 Å². The second kappa shape index (κ2) is 6.73. The van der Waals surface area contributed by atoms with Crippen LogP contribution in [0.2, 0.25) is 0 Å². The molecule has 0 spiro atoms. The highest BCUT2D eigenvalue weighted by Gasteiger charge is 2.71. The molecule has 0 bridgehead atoms. The third-order valence-electron chi connectivity index (χ3n) is 13.2. The number of aliphatic hydroxyl groups is 1. The van der Waals surface area contributed by atoms with Gasteiger partial charge in [0, 0.05) is 11.8 Å². The fourth-order valence-corrected chi connectivity index (χ4v) is 11.4. The fraction of sp³-hybridized carbons (Fsp3) is 0.900. The van der Waals surface area contributed by atoms with E-state index in [1.165, 1.54) is 50.5 Å². The molecule has 5 fully saturated rings. The van der Waals surface area contributed by atoms with E-state index in [2.05, 4.69) is 55.0 Å². The summed E-state index contributed by atoms with van der Waals surface area (Å²) in [5.74, 6) is 3.38. The molecule has 0 aromatic rings. The maximum Gasteiger partial charge on any atom is 0.162 e. The van der Waals surface area contributed by atoms with Gasteiger partial charge in [0.25, 0.3) is 0 Å². The maximum atomic E-state index is 13.1. The van der Waals surface area contributed by atoms with Gasteiger partial charge in [0.2, 0.25) is 0 Å². The molecule has 32 heavy (non-hydrogen) atoms. The molecule has 5 rings (SSSR count). The van der Waals surface area contributed by atoms with Crippen molar-refractivity contribution in [3.05, 3.63) is 12.2 Å². The van der Waals surface area contributed by atoms with Crippen LogP contribution < -0.4 is 0 Å². The fourth-order valence-electron chi connectivity index (χ4n) is 11.4. The van der Waals surface area contributed by atoms with E-state index in [4.69, 9.17) is 0 Å². The van der Waals surface area contributed by atoms with E-state index in [1.54, 1.807) is 0 Å². The van der Waals surface area contributed by atoms with Crippen molar-refractivity contribution in [1.29, 1.82) is 0 Å². The minimum atomic E-state index is -0.790. The van der Waals surface area contributed by atoms with Crippen LogP contribution in [0.3, 0.4) is 0 Å². The van der Waals surface area contributed by atoms with Crippen molar-refractivity contribution in [2.24, 2.45) is 56.7 Å². The first-order valence-electron chi connectivity index (χ1n) is 13.6. The minimum Gasteiger partial charge on any atom is -0.385 e. The highest BCUT2D eigenvalue weighted by molar-refractivity contribution is 5.85. The molecule has 2 nitrogen and oxygen atoms in total. The molecule has 0 aromatic carbocycles. The number of ketones is 1. The number of aliphatic hydroxyl groups excluding tert-OH is 1. The van der Waals surface area contributed by atoms with Crippen LogP contribution in [-0.4, -0.2) is 17.0 Å². The van der Waals surface area contributed by atoms with Crippen molar-refractivity contribution >= 4 is 5.78 Å². The quantitative estimate of drug-likeness (QED) is 0.438. The Morgan fingerprint density at radius 1 is 0.875 bits per heavy atom. The van der Waals surface area contributed by atoms with Crippen LogP contribution >= 0.6 is 0 Å². The van der Waals surface area contributed by atoms with Crippen molar-refractivity contribution in [1.82, 2.24) is 0 Å². The zero-order valence-corrected chi connectivity index (χ0v) is 21.9. The Morgan fingerprint density at radius 3 is 2.22 bits per heavy atom. The topological polar surface area (TPSA) is 37.3 Å². The number of hydrogen-bond donors (Lipinski definition) is 1. The third-order valence-corrected chi connectivity index (χ3v) is 13.2. The zero-order valence-electron chi connectivity index (χ0n) is 21.9. The van der Waals surface area contributed by atoms with Gasteiger partial charge >= 0.3 is 0 Å². The van der Waals surface area contributed by atoms with Gasteiger partial charge in [0.1, 0.15) is 6.10 Å². The predicted octanol–water partition coefficient (Wildman–Crippen LogP) is 7.20. The van der Waals surface area contributed by atoms with E-state index in [9.17, 15) is 9.90 Å². The van der Waals surface area contributed by atoms with Crippen molar-refractivity contribution in [3.8, 4) is 0 Å². The van der Waals surface area contributed by atoms with E-state index in [1.807, 2.05) is 0 Å². The van der Waals surface area contributed by atoms with Crippen molar-refractivity contribution in [3.63, 3.8) is 0 Å². The smallest absolute Gasteiger partial charge is 0.162 e. The molecule has 5 saturated carbocycles. The van der Waals surface area contributed by atoms with Crippen LogP contribution in [0.4, 0.5) is 0 Å². The normalized spacial score (nSPS) is 56.6. The van der Waals surface area contributed by atoms with Gasteiger partial charge in [-0.25, -0.2) is 0 Å². The van der Waals surface area contributed by atoms with Gasteiger partial charge in [0.15, 0.2) is 5.78 Å². The Bertz CT molecular complexity index is 842. The van der Waals surface area contributed by atoms with Gasteiger partial charge in [-0.1, -0.05) is 53.7 Å². The van der Waals surface area contributed by atoms with Gasteiger partial charge in [-0.2, -0.15) is 0 Å². The van der Waals surface area contributed by atoms with E-state index in [0.717, 1.165) is 18.3 Å². The molecule has 0 aromatic heterocycles. The molecule has 0 aliphatic heterocycles. The molecule has 1 N–H and O–H groups in total. The lowest BCUT2D eigenvalue weighted by Gasteiger charge is -2.72. The molecule has 0 unspecified atom stereocenters. The number of allylic oxidation sites excluding steroid dienone is 1. The first-order valence-corrected chi connectivity index (χ1v) is 13.6. The van der Waals surface area contributed by atoms with E-state index < -0.39 is 6.10 Å². The third kappa shape index (κ3) is 2.60. The van der Waals surface area contributed by atoms with Crippen molar-refractivity contribution in [2.75, 3.05) is 0 Å². The minimum absolute atomic E-state index is 0.0188. The SMILES string of the molecule is C=C(C)[C@@H]1CC[C@]2(C)CC[C@]3(C)[C@H](CC[C@@H]4[C@@]5(C)CC(=O)[C@@H](O)C(C)(C)[C@@H]5CC[C@]43C)[C@@H]12. The van der Waals surface area contributed by atoms with Crippen LogP contribution in [0.5, 0.6) is 0 Å². The second-order valence-electron chi connectivity index (χ2n) is 14.7. The number of carbonyl (C=O) groups is 1. The van der Waals surface area contributed by atoms with Crippen LogP contribution in [0.25, 0.3) is 0 Å². The van der Waals surface area contributed by atoms with Crippen molar-refractivity contribution in [2.45, 2.75) is 112 Å². The summed E-state index contributed by atoms with van der Waals surface area (Å²) >= 11 is 0. The first-order chi connectivity index (χ1) is 14.7. The molecule has 10 atom stereocenters. The molecule has 5 aliphatic rings.